The highest BCUT2D eigenvalue weighted by atomic mass is 32.1. The molecule has 0 aliphatic carbocycles. The molecule has 0 spiro atoms. The van der Waals surface area contributed by atoms with Crippen LogP contribution in [0.1, 0.15) is 26.3 Å². The van der Waals surface area contributed by atoms with E-state index in [0.717, 1.165) is 5.56 Å². The zero-order valence-electron chi connectivity index (χ0n) is 11.6. The average Bonchev–Trinajstić information content (AvgIpc) is 2.33. The number of hydrogen-bond donors (Lipinski definition) is 3. The van der Waals surface area contributed by atoms with Gasteiger partial charge in [0.05, 0.1) is 6.54 Å². The van der Waals surface area contributed by atoms with Gasteiger partial charge in [0, 0.05) is 12.1 Å². The molecular formula is C14H21N3OS. The van der Waals surface area contributed by atoms with Crippen LogP contribution in [-0.2, 0) is 11.3 Å². The molecule has 3 N–H and O–H groups in total. The SMILES string of the molecule is CC(C)(C)NC(=O)CNC(=S)NCc1ccccc1. The van der Waals surface area contributed by atoms with Crippen LogP contribution in [0.4, 0.5) is 0 Å². The van der Waals surface area contributed by atoms with Gasteiger partial charge in [-0.05, 0) is 38.6 Å². The lowest BCUT2D eigenvalue weighted by Crippen LogP contribution is -2.47. The number of thiocarbonyl (C=S) groups is 1. The molecule has 0 aromatic heterocycles. The van der Waals surface area contributed by atoms with Gasteiger partial charge < -0.3 is 16.0 Å². The van der Waals surface area contributed by atoms with Crippen LogP contribution in [0.5, 0.6) is 0 Å². The van der Waals surface area contributed by atoms with E-state index in [1.54, 1.807) is 0 Å². The molecule has 1 amide bonds. The molecule has 0 unspecified atom stereocenters. The van der Waals surface area contributed by atoms with E-state index in [0.29, 0.717) is 11.7 Å². The van der Waals surface area contributed by atoms with Crippen molar-refractivity contribution in [1.82, 2.24) is 16.0 Å². The summed E-state index contributed by atoms with van der Waals surface area (Å²) in [7, 11) is 0. The first kappa shape index (κ1) is 15.4. The van der Waals surface area contributed by atoms with Crippen molar-refractivity contribution in [3.8, 4) is 0 Å². The first-order chi connectivity index (χ1) is 8.87. The van der Waals surface area contributed by atoms with Crippen molar-refractivity contribution in [2.75, 3.05) is 6.54 Å². The van der Waals surface area contributed by atoms with Crippen LogP contribution in [0.25, 0.3) is 0 Å². The summed E-state index contributed by atoms with van der Waals surface area (Å²) in [5, 5.41) is 9.28. The van der Waals surface area contributed by atoms with Crippen molar-refractivity contribution in [3.63, 3.8) is 0 Å². The molecule has 0 aliphatic heterocycles. The van der Waals surface area contributed by atoms with Gasteiger partial charge in [-0.15, -0.1) is 0 Å². The number of rotatable bonds is 4. The Labute approximate surface area is 120 Å². The van der Waals surface area contributed by atoms with Gasteiger partial charge in [-0.1, -0.05) is 30.3 Å². The zero-order valence-corrected chi connectivity index (χ0v) is 12.4. The maximum Gasteiger partial charge on any atom is 0.239 e. The standard InChI is InChI=1S/C14H21N3OS/c1-14(2,3)17-12(18)10-16-13(19)15-9-11-7-5-4-6-8-11/h4-8H,9-10H2,1-3H3,(H,17,18)(H2,15,16,19). The largest absolute Gasteiger partial charge is 0.359 e. The van der Waals surface area contributed by atoms with Crippen LogP contribution >= 0.6 is 12.2 Å². The van der Waals surface area contributed by atoms with Crippen LogP contribution < -0.4 is 16.0 Å². The van der Waals surface area contributed by atoms with Gasteiger partial charge in [0.15, 0.2) is 5.11 Å². The average molecular weight is 279 g/mol. The Balaban J connectivity index is 2.23. The van der Waals surface area contributed by atoms with Crippen LogP contribution in [0, 0.1) is 0 Å². The van der Waals surface area contributed by atoms with E-state index >= 15 is 0 Å². The highest BCUT2D eigenvalue weighted by Gasteiger charge is 2.13. The van der Waals surface area contributed by atoms with E-state index in [1.807, 2.05) is 51.1 Å². The molecule has 0 radical (unpaired) electrons. The fraction of sp³-hybridized carbons (Fsp3) is 0.429. The van der Waals surface area contributed by atoms with E-state index in [9.17, 15) is 4.79 Å². The molecule has 4 nitrogen and oxygen atoms in total. The van der Waals surface area contributed by atoms with E-state index in [-0.39, 0.29) is 18.0 Å². The maximum atomic E-state index is 11.6. The lowest BCUT2D eigenvalue weighted by Gasteiger charge is -2.21. The Morgan fingerprint density at radius 3 is 2.37 bits per heavy atom. The van der Waals surface area contributed by atoms with Crippen LogP contribution in [0.3, 0.4) is 0 Å². The molecule has 19 heavy (non-hydrogen) atoms. The summed E-state index contributed by atoms with van der Waals surface area (Å²) in [6, 6.07) is 9.95. The molecule has 0 fully saturated rings. The highest BCUT2D eigenvalue weighted by molar-refractivity contribution is 7.80. The Bertz CT molecular complexity index is 426. The van der Waals surface area contributed by atoms with Crippen LogP contribution in [0.15, 0.2) is 30.3 Å². The van der Waals surface area contributed by atoms with E-state index in [1.165, 1.54) is 0 Å². The summed E-state index contributed by atoms with van der Waals surface area (Å²) >= 11 is 5.11. The molecule has 0 bridgehead atoms. The van der Waals surface area contributed by atoms with Gasteiger partial charge in [0.2, 0.25) is 5.91 Å². The fourth-order valence-electron chi connectivity index (χ4n) is 1.46. The van der Waals surface area contributed by atoms with Gasteiger partial charge in [-0.2, -0.15) is 0 Å². The van der Waals surface area contributed by atoms with Crippen molar-refractivity contribution >= 4 is 23.2 Å². The second kappa shape index (κ2) is 7.09. The first-order valence-corrected chi connectivity index (χ1v) is 6.64. The maximum absolute atomic E-state index is 11.6. The molecule has 0 heterocycles. The molecule has 0 saturated carbocycles. The minimum atomic E-state index is -0.224. The minimum Gasteiger partial charge on any atom is -0.359 e. The monoisotopic (exact) mass is 279 g/mol. The first-order valence-electron chi connectivity index (χ1n) is 6.23. The fourth-order valence-corrected chi connectivity index (χ4v) is 1.61. The second-order valence-electron chi connectivity index (χ2n) is 5.32. The van der Waals surface area contributed by atoms with E-state index in [2.05, 4.69) is 16.0 Å². The summed E-state index contributed by atoms with van der Waals surface area (Å²) in [6.45, 7) is 6.65. The van der Waals surface area contributed by atoms with Gasteiger partial charge in [0.25, 0.3) is 0 Å². The van der Waals surface area contributed by atoms with Crippen LogP contribution in [0.2, 0.25) is 0 Å². The Morgan fingerprint density at radius 2 is 1.79 bits per heavy atom. The third-order valence-electron chi connectivity index (χ3n) is 2.22. The highest BCUT2D eigenvalue weighted by Crippen LogP contribution is 1.98. The molecular weight excluding hydrogens is 258 g/mol. The quantitative estimate of drug-likeness (QED) is 0.732. The van der Waals surface area contributed by atoms with Gasteiger partial charge in [-0.25, -0.2) is 0 Å². The number of nitrogens with one attached hydrogen (secondary N) is 3. The predicted molar refractivity (Wildman–Crippen MR) is 81.8 cm³/mol. The summed E-state index contributed by atoms with van der Waals surface area (Å²) in [5.74, 6) is -0.0728. The normalized spacial score (nSPS) is 10.7. The minimum absolute atomic E-state index is 0.0728. The third kappa shape index (κ3) is 7.41. The Kier molecular flexibility index (Phi) is 5.76. The topological polar surface area (TPSA) is 53.2 Å². The van der Waals surface area contributed by atoms with Crippen molar-refractivity contribution in [1.29, 1.82) is 0 Å². The summed E-state index contributed by atoms with van der Waals surface area (Å²) in [4.78, 5) is 11.6. The van der Waals surface area contributed by atoms with Crippen molar-refractivity contribution in [2.45, 2.75) is 32.9 Å². The molecule has 5 heteroatoms. The molecule has 0 atom stereocenters. The molecule has 104 valence electrons. The van der Waals surface area contributed by atoms with Crippen molar-refractivity contribution in [2.24, 2.45) is 0 Å². The van der Waals surface area contributed by atoms with E-state index in [4.69, 9.17) is 12.2 Å². The lowest BCUT2D eigenvalue weighted by atomic mass is 10.1. The molecule has 0 aliphatic rings. The third-order valence-corrected chi connectivity index (χ3v) is 2.51. The molecule has 1 aromatic rings. The second-order valence-corrected chi connectivity index (χ2v) is 5.73. The summed E-state index contributed by atoms with van der Waals surface area (Å²) < 4.78 is 0. The lowest BCUT2D eigenvalue weighted by molar-refractivity contribution is -0.121. The summed E-state index contributed by atoms with van der Waals surface area (Å²) in [6.07, 6.45) is 0. The number of amides is 1. The Morgan fingerprint density at radius 1 is 1.16 bits per heavy atom. The zero-order chi connectivity index (χ0) is 14.3. The predicted octanol–water partition coefficient (Wildman–Crippen LogP) is 1.57. The molecule has 1 rings (SSSR count). The van der Waals surface area contributed by atoms with Crippen molar-refractivity contribution < 1.29 is 4.79 Å². The van der Waals surface area contributed by atoms with E-state index < -0.39 is 0 Å². The molecule has 1 aromatic carbocycles. The van der Waals surface area contributed by atoms with Crippen LogP contribution in [-0.4, -0.2) is 23.1 Å². The number of benzene rings is 1. The van der Waals surface area contributed by atoms with Gasteiger partial charge in [-0.3, -0.25) is 4.79 Å². The Hall–Kier alpha value is -1.62. The van der Waals surface area contributed by atoms with Crippen molar-refractivity contribution in [3.05, 3.63) is 35.9 Å². The summed E-state index contributed by atoms with van der Waals surface area (Å²) in [5.41, 5.74) is 0.920. The number of hydrogen-bond acceptors (Lipinski definition) is 2. The van der Waals surface area contributed by atoms with Gasteiger partial charge >= 0.3 is 0 Å². The number of carbonyl (C=O) groups excluding carboxylic acids is 1. The molecule has 0 saturated heterocycles. The van der Waals surface area contributed by atoms with Gasteiger partial charge in [0.1, 0.15) is 0 Å². The smallest absolute Gasteiger partial charge is 0.239 e. The number of carbonyl (C=O) groups is 1.